The summed E-state index contributed by atoms with van der Waals surface area (Å²) in [5, 5.41) is 3.00. The summed E-state index contributed by atoms with van der Waals surface area (Å²) in [7, 11) is -3.45. The molecule has 0 fully saturated rings. The maximum Gasteiger partial charge on any atom is 0.306 e. The largest absolute Gasteiger partial charge is 0.385 e. The molecule has 0 amide bonds. The second kappa shape index (κ2) is 4.32. The van der Waals surface area contributed by atoms with Gasteiger partial charge in [-0.3, -0.25) is 0 Å². The molecule has 1 radical (unpaired) electrons. The van der Waals surface area contributed by atoms with Crippen molar-refractivity contribution < 1.29 is 12.6 Å². The second-order valence-electron chi connectivity index (χ2n) is 2.76. The van der Waals surface area contributed by atoms with Crippen molar-refractivity contribution in [1.29, 1.82) is 0 Å². The molecule has 0 unspecified atom stereocenters. The van der Waals surface area contributed by atoms with Crippen LogP contribution in [0.2, 0.25) is 0 Å². The monoisotopic (exact) mass is 214 g/mol. The van der Waals surface area contributed by atoms with E-state index in [1.807, 2.05) is 6.92 Å². The van der Waals surface area contributed by atoms with Crippen molar-refractivity contribution in [2.45, 2.75) is 6.92 Å². The fraction of sp³-hybridized carbons (Fsp3) is 0.333. The van der Waals surface area contributed by atoms with Crippen molar-refractivity contribution in [2.75, 3.05) is 18.1 Å². The molecule has 14 heavy (non-hydrogen) atoms. The minimum absolute atomic E-state index is 0.294. The van der Waals surface area contributed by atoms with E-state index in [1.54, 1.807) is 18.2 Å². The van der Waals surface area contributed by atoms with E-state index in [0.29, 0.717) is 11.4 Å². The Labute approximate surface area is 84.0 Å². The highest BCUT2D eigenvalue weighted by molar-refractivity contribution is 7.86. The summed E-state index contributed by atoms with van der Waals surface area (Å²) >= 11 is 0. The summed E-state index contributed by atoms with van der Waals surface area (Å²) in [6.45, 7) is 2.69. The molecular weight excluding hydrogens is 202 g/mol. The molecular formula is C9H12NO3S. The number of anilines is 1. The zero-order valence-corrected chi connectivity index (χ0v) is 8.89. The van der Waals surface area contributed by atoms with Gasteiger partial charge in [0, 0.05) is 24.4 Å². The van der Waals surface area contributed by atoms with Crippen LogP contribution in [-0.2, 0) is 10.1 Å². The Morgan fingerprint density at radius 3 is 2.86 bits per heavy atom. The van der Waals surface area contributed by atoms with E-state index in [-0.39, 0.29) is 0 Å². The topological polar surface area (TPSA) is 55.4 Å². The third-order valence-electron chi connectivity index (χ3n) is 1.39. The Kier molecular flexibility index (Phi) is 3.35. The van der Waals surface area contributed by atoms with Crippen LogP contribution in [0.4, 0.5) is 5.69 Å². The molecule has 0 saturated carbocycles. The number of hydrogen-bond donors (Lipinski definition) is 1. The van der Waals surface area contributed by atoms with Crippen LogP contribution in [0.25, 0.3) is 0 Å². The van der Waals surface area contributed by atoms with Crippen molar-refractivity contribution in [2.24, 2.45) is 0 Å². The summed E-state index contributed by atoms with van der Waals surface area (Å²) in [5.41, 5.74) is 0.716. The van der Waals surface area contributed by atoms with Crippen LogP contribution in [0.15, 0.2) is 18.2 Å². The van der Waals surface area contributed by atoms with Crippen LogP contribution in [0.1, 0.15) is 6.92 Å². The molecule has 0 aliphatic heterocycles. The number of hydrogen-bond acceptors (Lipinski definition) is 4. The first-order valence-electron chi connectivity index (χ1n) is 4.16. The van der Waals surface area contributed by atoms with Gasteiger partial charge in [-0.1, -0.05) is 0 Å². The van der Waals surface area contributed by atoms with Crippen molar-refractivity contribution in [1.82, 2.24) is 0 Å². The summed E-state index contributed by atoms with van der Waals surface area (Å²) in [4.78, 5) is 0. The third kappa shape index (κ3) is 3.66. The first-order valence-corrected chi connectivity index (χ1v) is 5.98. The van der Waals surface area contributed by atoms with E-state index >= 15 is 0 Å². The van der Waals surface area contributed by atoms with Crippen LogP contribution in [0.3, 0.4) is 0 Å². The van der Waals surface area contributed by atoms with Crippen molar-refractivity contribution in [3.8, 4) is 5.75 Å². The van der Waals surface area contributed by atoms with Crippen LogP contribution < -0.4 is 9.50 Å². The normalized spacial score (nSPS) is 11.0. The zero-order chi connectivity index (χ0) is 10.6. The molecule has 0 heterocycles. The lowest BCUT2D eigenvalue weighted by atomic mass is 10.3. The summed E-state index contributed by atoms with van der Waals surface area (Å²) in [6, 6.07) is 7.65. The quantitative estimate of drug-likeness (QED) is 0.766. The van der Waals surface area contributed by atoms with Gasteiger partial charge in [-0.25, -0.2) is 0 Å². The summed E-state index contributed by atoms with van der Waals surface area (Å²) in [5.74, 6) is 0.294. The van der Waals surface area contributed by atoms with E-state index in [2.05, 4.69) is 11.4 Å². The molecule has 1 aromatic carbocycles. The molecule has 0 bridgehead atoms. The van der Waals surface area contributed by atoms with Gasteiger partial charge >= 0.3 is 10.1 Å². The Hall–Kier alpha value is -1.23. The first kappa shape index (κ1) is 10.8. The van der Waals surface area contributed by atoms with Gasteiger partial charge in [0.05, 0.1) is 6.26 Å². The highest BCUT2D eigenvalue weighted by atomic mass is 32.2. The van der Waals surface area contributed by atoms with E-state index in [9.17, 15) is 8.42 Å². The number of rotatable bonds is 4. The fourth-order valence-electron chi connectivity index (χ4n) is 0.965. The molecule has 0 aromatic heterocycles. The lowest BCUT2D eigenvalue weighted by Crippen LogP contribution is -2.06. The molecule has 4 nitrogen and oxygen atoms in total. The minimum atomic E-state index is -3.45. The van der Waals surface area contributed by atoms with Crippen molar-refractivity contribution in [3.05, 3.63) is 24.3 Å². The zero-order valence-electron chi connectivity index (χ0n) is 8.07. The van der Waals surface area contributed by atoms with Gasteiger partial charge in [-0.2, -0.15) is 8.42 Å². The van der Waals surface area contributed by atoms with Crippen molar-refractivity contribution in [3.63, 3.8) is 0 Å². The van der Waals surface area contributed by atoms with Gasteiger partial charge in [0.15, 0.2) is 0 Å². The highest BCUT2D eigenvalue weighted by Gasteiger charge is 2.04. The van der Waals surface area contributed by atoms with Gasteiger partial charge in [0.2, 0.25) is 0 Å². The molecule has 0 saturated heterocycles. The lowest BCUT2D eigenvalue weighted by molar-refractivity contribution is 0.493. The first-order chi connectivity index (χ1) is 6.51. The second-order valence-corrected chi connectivity index (χ2v) is 4.33. The smallest absolute Gasteiger partial charge is 0.306 e. The van der Waals surface area contributed by atoms with Crippen LogP contribution in [-0.4, -0.2) is 21.2 Å². The maximum absolute atomic E-state index is 10.8. The Morgan fingerprint density at radius 1 is 1.57 bits per heavy atom. The van der Waals surface area contributed by atoms with Gasteiger partial charge in [-0.15, -0.1) is 0 Å². The van der Waals surface area contributed by atoms with Crippen LogP contribution >= 0.6 is 0 Å². The maximum atomic E-state index is 10.8. The highest BCUT2D eigenvalue weighted by Crippen LogP contribution is 2.17. The molecule has 0 spiro atoms. The average Bonchev–Trinajstić information content (AvgIpc) is 2.02. The minimum Gasteiger partial charge on any atom is -0.385 e. The van der Waals surface area contributed by atoms with Gasteiger partial charge in [-0.05, 0) is 19.1 Å². The van der Waals surface area contributed by atoms with E-state index in [1.165, 1.54) is 0 Å². The number of benzene rings is 1. The summed E-state index contributed by atoms with van der Waals surface area (Å²) < 4.78 is 26.3. The SMILES string of the molecule is CCNc1[c]ccc(OS(C)(=O)=O)c1. The number of nitrogens with one attached hydrogen (secondary N) is 1. The molecule has 1 aromatic rings. The molecule has 5 heteroatoms. The Bertz CT molecular complexity index is 400. The van der Waals surface area contributed by atoms with Crippen LogP contribution in [0.5, 0.6) is 5.75 Å². The fourth-order valence-corrected chi connectivity index (χ4v) is 1.42. The van der Waals surface area contributed by atoms with Gasteiger partial charge in [0.25, 0.3) is 0 Å². The molecule has 1 N–H and O–H groups in total. The predicted molar refractivity (Wildman–Crippen MR) is 54.9 cm³/mol. The predicted octanol–water partition coefficient (Wildman–Crippen LogP) is 1.26. The average molecular weight is 214 g/mol. The van der Waals surface area contributed by atoms with Gasteiger partial charge in [0.1, 0.15) is 5.75 Å². The Balaban J connectivity index is 2.83. The molecule has 0 aliphatic carbocycles. The van der Waals surface area contributed by atoms with E-state index < -0.39 is 10.1 Å². The van der Waals surface area contributed by atoms with Crippen molar-refractivity contribution >= 4 is 15.8 Å². The Morgan fingerprint density at radius 2 is 2.29 bits per heavy atom. The standard InChI is InChI=1S/C9H12NO3S/c1-3-10-8-5-4-6-9(7-8)13-14(2,11)12/h4,6-7,10H,3H2,1-2H3. The molecule has 1 rings (SSSR count). The lowest BCUT2D eigenvalue weighted by Gasteiger charge is -2.05. The summed E-state index contributed by atoms with van der Waals surface area (Å²) in [6.07, 6.45) is 1.01. The molecule has 0 aliphatic rings. The third-order valence-corrected chi connectivity index (χ3v) is 1.88. The van der Waals surface area contributed by atoms with E-state index in [0.717, 1.165) is 12.8 Å². The molecule has 77 valence electrons. The van der Waals surface area contributed by atoms with Gasteiger partial charge < -0.3 is 9.50 Å². The van der Waals surface area contributed by atoms with E-state index in [4.69, 9.17) is 4.18 Å². The molecule has 0 atom stereocenters. The van der Waals surface area contributed by atoms with Crippen LogP contribution in [0, 0.1) is 6.07 Å².